The molecule has 6 rings (SSSR count). The van der Waals surface area contributed by atoms with E-state index in [2.05, 4.69) is 33.1 Å². The second-order valence-corrected chi connectivity index (χ2v) is 14.3. The van der Waals surface area contributed by atoms with Crippen molar-refractivity contribution in [1.29, 1.82) is 0 Å². The molecule has 1 aromatic heterocycles. The van der Waals surface area contributed by atoms with Crippen LogP contribution in [0.2, 0.25) is 0 Å². The highest BCUT2D eigenvalue weighted by molar-refractivity contribution is 5.94. The summed E-state index contributed by atoms with van der Waals surface area (Å²) < 4.78 is 5.84. The lowest BCUT2D eigenvalue weighted by atomic mass is 9.76. The standard InChI is InChI=1S/C39H48N6O5/c1-25(2)34-35(46)40-26(3)36(47)45-20-8-11-32(43-45)37(48)50-27(4)31-15-14-30-13-12-28(23-33(30)41-31)16-17-39(38(49)42-34)18-21-44(22-19-39)24-29-9-6-5-7-10-29/h5-7,9-10,12-17,23,25-27,32,34,43H,8,11,18-22,24H2,1-4H3,(H,40,46)(H,42,49)/t26-,27+,32-,34-/m0/s1. The summed E-state index contributed by atoms with van der Waals surface area (Å²) in [6.07, 6.45) is 5.58. The second-order valence-electron chi connectivity index (χ2n) is 14.3. The number of pyridine rings is 1. The summed E-state index contributed by atoms with van der Waals surface area (Å²) in [4.78, 5) is 62.0. The maximum Gasteiger partial charge on any atom is 0.325 e. The number of benzene rings is 2. The Bertz CT molecular complexity index is 1750. The maximum atomic E-state index is 14.4. The van der Waals surface area contributed by atoms with Gasteiger partial charge in [0, 0.05) is 18.5 Å². The number of nitrogens with zero attached hydrogens (tertiary/aromatic N) is 3. The van der Waals surface area contributed by atoms with Crippen LogP contribution in [0.25, 0.3) is 17.0 Å². The minimum absolute atomic E-state index is 0.210. The number of cyclic esters (lactones) is 1. The minimum atomic E-state index is -0.895. The van der Waals surface area contributed by atoms with E-state index in [1.54, 1.807) is 13.8 Å². The van der Waals surface area contributed by atoms with Crippen LogP contribution in [0.1, 0.15) is 76.3 Å². The van der Waals surface area contributed by atoms with Crippen LogP contribution < -0.4 is 16.1 Å². The number of rotatable bonds is 3. The monoisotopic (exact) mass is 680 g/mol. The fraction of sp³-hybridized carbons (Fsp3) is 0.462. The van der Waals surface area contributed by atoms with Crippen LogP contribution in [0.5, 0.6) is 0 Å². The van der Waals surface area contributed by atoms with Gasteiger partial charge < -0.3 is 15.4 Å². The normalized spacial score (nSPS) is 25.4. The number of hydrogen-bond acceptors (Lipinski definition) is 8. The minimum Gasteiger partial charge on any atom is -0.455 e. The van der Waals surface area contributed by atoms with Crippen molar-refractivity contribution in [2.45, 2.75) is 84.2 Å². The van der Waals surface area contributed by atoms with Gasteiger partial charge in [-0.25, -0.2) is 10.4 Å². The average molecular weight is 681 g/mol. The van der Waals surface area contributed by atoms with Crippen molar-refractivity contribution in [1.82, 2.24) is 31.0 Å². The first-order chi connectivity index (χ1) is 24.0. The third-order valence-corrected chi connectivity index (χ3v) is 10.2. The van der Waals surface area contributed by atoms with Gasteiger partial charge in [-0.3, -0.25) is 29.1 Å². The third kappa shape index (κ3) is 7.89. The van der Waals surface area contributed by atoms with Crippen LogP contribution in [0, 0.1) is 11.3 Å². The first kappa shape index (κ1) is 35.2. The van der Waals surface area contributed by atoms with Gasteiger partial charge in [0.25, 0.3) is 5.91 Å². The summed E-state index contributed by atoms with van der Waals surface area (Å²) in [5.41, 5.74) is 5.61. The molecule has 3 aliphatic rings. The molecular weight excluding hydrogens is 632 g/mol. The molecule has 1 spiro atoms. The highest BCUT2D eigenvalue weighted by Crippen LogP contribution is 2.36. The van der Waals surface area contributed by atoms with Gasteiger partial charge in [0.15, 0.2) is 0 Å². The van der Waals surface area contributed by atoms with E-state index >= 15 is 0 Å². The van der Waals surface area contributed by atoms with Crippen molar-refractivity contribution in [3.8, 4) is 0 Å². The van der Waals surface area contributed by atoms with Crippen LogP contribution in [-0.2, 0) is 30.5 Å². The van der Waals surface area contributed by atoms with E-state index in [0.29, 0.717) is 51.0 Å². The van der Waals surface area contributed by atoms with Gasteiger partial charge in [-0.05, 0) is 81.8 Å². The summed E-state index contributed by atoms with van der Waals surface area (Å²) in [5.74, 6) is -1.73. The third-order valence-electron chi connectivity index (χ3n) is 10.2. The fourth-order valence-corrected chi connectivity index (χ4v) is 7.01. The number of carbonyl (C=O) groups excluding carboxylic acids is 4. The van der Waals surface area contributed by atoms with Crippen LogP contribution in [-0.4, -0.2) is 76.3 Å². The zero-order valence-corrected chi connectivity index (χ0v) is 29.4. The number of amides is 3. The summed E-state index contributed by atoms with van der Waals surface area (Å²) in [7, 11) is 0. The van der Waals surface area contributed by atoms with Crippen molar-refractivity contribution in [2.24, 2.45) is 11.3 Å². The molecule has 0 unspecified atom stereocenters. The topological polar surface area (TPSA) is 133 Å². The summed E-state index contributed by atoms with van der Waals surface area (Å²) in [6.45, 7) is 9.75. The highest BCUT2D eigenvalue weighted by atomic mass is 16.5. The molecule has 264 valence electrons. The van der Waals surface area contributed by atoms with E-state index in [1.807, 2.05) is 74.5 Å². The molecule has 50 heavy (non-hydrogen) atoms. The molecule has 11 nitrogen and oxygen atoms in total. The number of nitrogens with one attached hydrogen (secondary N) is 3. The Kier molecular flexibility index (Phi) is 10.6. The predicted octanol–water partition coefficient (Wildman–Crippen LogP) is 4.29. The molecule has 0 radical (unpaired) electrons. The smallest absolute Gasteiger partial charge is 0.325 e. The SMILES string of the molecule is CC(C)[C@@H]1NC(=O)C2(C=Cc3ccc4ccc(nc4c3)[C@@H](C)OC(=O)[C@@H]3CCCN(N3)C(=O)[C@H](C)NC1=O)CCN(Cc1ccccc1)CC2. The molecule has 4 heterocycles. The number of aromatic nitrogens is 1. The van der Waals surface area contributed by atoms with Crippen LogP contribution >= 0.6 is 0 Å². The Hall–Kier alpha value is -4.61. The molecular formula is C39H48N6O5. The number of esters is 1. The molecule has 3 aromatic rings. The molecule has 2 aromatic carbocycles. The number of carbonyl (C=O) groups is 4. The molecule has 0 saturated carbocycles. The van der Waals surface area contributed by atoms with Crippen molar-refractivity contribution in [3.05, 3.63) is 83.6 Å². The largest absolute Gasteiger partial charge is 0.455 e. The Morgan fingerprint density at radius 2 is 1.68 bits per heavy atom. The van der Waals surface area contributed by atoms with Gasteiger partial charge >= 0.3 is 5.97 Å². The Labute approximate surface area is 293 Å². The Morgan fingerprint density at radius 3 is 2.42 bits per heavy atom. The molecule has 5 bridgehead atoms. The lowest BCUT2D eigenvalue weighted by Crippen LogP contribution is -2.61. The lowest BCUT2D eigenvalue weighted by molar-refractivity contribution is -0.157. The molecule has 11 heteroatoms. The van der Waals surface area contributed by atoms with Gasteiger partial charge in [0.2, 0.25) is 11.8 Å². The van der Waals surface area contributed by atoms with Crippen molar-refractivity contribution >= 4 is 40.7 Å². The van der Waals surface area contributed by atoms with E-state index in [0.717, 1.165) is 23.0 Å². The van der Waals surface area contributed by atoms with Crippen molar-refractivity contribution in [3.63, 3.8) is 0 Å². The van der Waals surface area contributed by atoms with Gasteiger partial charge in [0.05, 0.1) is 16.6 Å². The molecule has 4 atom stereocenters. The van der Waals surface area contributed by atoms with Gasteiger partial charge in [-0.1, -0.05) is 74.5 Å². The number of piperidine rings is 1. The van der Waals surface area contributed by atoms with E-state index in [9.17, 15) is 19.2 Å². The maximum absolute atomic E-state index is 14.4. The quantitative estimate of drug-likeness (QED) is 0.349. The molecule has 2 fully saturated rings. The number of fused-ring (bicyclic) bond motifs is 4. The number of ether oxygens (including phenoxy) is 1. The summed E-state index contributed by atoms with van der Waals surface area (Å²) in [6, 6.07) is 17.6. The van der Waals surface area contributed by atoms with Crippen LogP contribution in [0.3, 0.4) is 0 Å². The van der Waals surface area contributed by atoms with Gasteiger partial charge in [0.1, 0.15) is 24.2 Å². The van der Waals surface area contributed by atoms with Crippen molar-refractivity contribution in [2.75, 3.05) is 19.6 Å². The first-order valence-corrected chi connectivity index (χ1v) is 17.8. The molecule has 3 amide bonds. The van der Waals surface area contributed by atoms with E-state index in [4.69, 9.17) is 9.72 Å². The number of hydrazine groups is 1. The summed E-state index contributed by atoms with van der Waals surface area (Å²) in [5, 5.41) is 8.24. The van der Waals surface area contributed by atoms with Gasteiger partial charge in [-0.2, -0.15) is 0 Å². The van der Waals surface area contributed by atoms with E-state index in [-0.39, 0.29) is 17.7 Å². The first-order valence-electron chi connectivity index (χ1n) is 17.8. The van der Waals surface area contributed by atoms with Crippen LogP contribution in [0.15, 0.2) is 66.7 Å². The highest BCUT2D eigenvalue weighted by Gasteiger charge is 2.42. The molecule has 3 aliphatic heterocycles. The van der Waals surface area contributed by atoms with Gasteiger partial charge in [-0.15, -0.1) is 0 Å². The van der Waals surface area contributed by atoms with Crippen LogP contribution in [0.4, 0.5) is 0 Å². The molecule has 2 saturated heterocycles. The zero-order valence-electron chi connectivity index (χ0n) is 29.4. The van der Waals surface area contributed by atoms with E-state index < -0.39 is 41.5 Å². The Morgan fingerprint density at radius 1 is 0.940 bits per heavy atom. The average Bonchev–Trinajstić information content (AvgIpc) is 3.12. The fourth-order valence-electron chi connectivity index (χ4n) is 7.01. The zero-order chi connectivity index (χ0) is 35.4. The summed E-state index contributed by atoms with van der Waals surface area (Å²) >= 11 is 0. The lowest BCUT2D eigenvalue weighted by Gasteiger charge is -2.40. The number of likely N-dealkylation sites (tertiary alicyclic amines) is 1. The molecule has 3 N–H and O–H groups in total. The predicted molar refractivity (Wildman–Crippen MR) is 191 cm³/mol. The number of hydrogen-bond donors (Lipinski definition) is 3. The molecule has 0 aliphatic carbocycles. The Balaban J connectivity index is 1.34. The second kappa shape index (κ2) is 15.1. The van der Waals surface area contributed by atoms with E-state index in [1.165, 1.54) is 10.6 Å². The van der Waals surface area contributed by atoms with Crippen molar-refractivity contribution < 1.29 is 23.9 Å².